The second-order valence-electron chi connectivity index (χ2n) is 5.11. The summed E-state index contributed by atoms with van der Waals surface area (Å²) in [5.74, 6) is 2.11. The van der Waals surface area contributed by atoms with Crippen molar-refractivity contribution in [2.75, 3.05) is 27.9 Å². The fourth-order valence-corrected chi connectivity index (χ4v) is 1.75. The van der Waals surface area contributed by atoms with Gasteiger partial charge in [0, 0.05) is 30.3 Å². The number of hydrogen-bond acceptors (Lipinski definition) is 5. The molecule has 0 saturated carbocycles. The van der Waals surface area contributed by atoms with Gasteiger partial charge in [-0.25, -0.2) is 0 Å². The first kappa shape index (κ1) is 15.6. The number of benzene rings is 1. The molecular formula is C14H24N2O3. The van der Waals surface area contributed by atoms with Crippen LogP contribution in [0.3, 0.4) is 0 Å². The molecule has 1 aromatic rings. The summed E-state index contributed by atoms with van der Waals surface area (Å²) in [4.78, 5) is 0. The molecule has 0 spiro atoms. The second kappa shape index (κ2) is 6.63. The maximum Gasteiger partial charge on any atom is 0.164 e. The summed E-state index contributed by atoms with van der Waals surface area (Å²) >= 11 is 0. The zero-order valence-corrected chi connectivity index (χ0v) is 12.4. The van der Waals surface area contributed by atoms with Gasteiger partial charge in [-0.2, -0.15) is 0 Å². The van der Waals surface area contributed by atoms with Crippen LogP contribution in [-0.4, -0.2) is 33.4 Å². The Bertz CT molecular complexity index is 414. The molecule has 0 bridgehead atoms. The molecule has 3 N–H and O–H groups in total. The maximum atomic E-state index is 5.93. The van der Waals surface area contributed by atoms with E-state index in [0.717, 1.165) is 11.3 Å². The molecule has 5 nitrogen and oxygen atoms in total. The molecule has 0 atom stereocenters. The van der Waals surface area contributed by atoms with E-state index in [2.05, 4.69) is 5.32 Å². The average molecular weight is 268 g/mol. The minimum atomic E-state index is -0.246. The van der Waals surface area contributed by atoms with Gasteiger partial charge >= 0.3 is 0 Å². The normalized spacial score (nSPS) is 11.3. The second-order valence-corrected chi connectivity index (χ2v) is 5.11. The first-order chi connectivity index (χ1) is 8.91. The van der Waals surface area contributed by atoms with Gasteiger partial charge < -0.3 is 25.3 Å². The highest BCUT2D eigenvalue weighted by Gasteiger charge is 2.13. The van der Waals surface area contributed by atoms with Crippen LogP contribution in [0.4, 0.5) is 0 Å². The van der Waals surface area contributed by atoms with Crippen molar-refractivity contribution in [3.8, 4) is 17.2 Å². The molecule has 108 valence electrons. The van der Waals surface area contributed by atoms with E-state index in [1.54, 1.807) is 21.3 Å². The Morgan fingerprint density at radius 1 is 1.00 bits per heavy atom. The highest BCUT2D eigenvalue weighted by Crippen LogP contribution is 2.34. The van der Waals surface area contributed by atoms with Crippen LogP contribution >= 0.6 is 0 Å². The molecule has 0 aliphatic rings. The molecule has 0 aliphatic heterocycles. The molecule has 0 amide bonds. The predicted molar refractivity (Wildman–Crippen MR) is 76.1 cm³/mol. The van der Waals surface area contributed by atoms with Crippen LogP contribution in [0.1, 0.15) is 19.4 Å². The van der Waals surface area contributed by atoms with Crippen LogP contribution in [0.25, 0.3) is 0 Å². The van der Waals surface area contributed by atoms with Crippen molar-refractivity contribution in [1.82, 2.24) is 5.32 Å². The van der Waals surface area contributed by atoms with Crippen molar-refractivity contribution in [1.29, 1.82) is 0 Å². The van der Waals surface area contributed by atoms with Crippen LogP contribution in [0, 0.1) is 0 Å². The Balaban J connectivity index is 2.86. The van der Waals surface area contributed by atoms with Crippen LogP contribution in [-0.2, 0) is 6.54 Å². The smallest absolute Gasteiger partial charge is 0.164 e. The molecular weight excluding hydrogens is 244 g/mol. The van der Waals surface area contributed by atoms with Crippen LogP contribution in [0.2, 0.25) is 0 Å². The SMILES string of the molecule is COc1cc(OC)c(OC)cc1CNCC(C)(C)N. The molecule has 0 unspecified atom stereocenters. The third-order valence-electron chi connectivity index (χ3n) is 2.68. The molecule has 0 fully saturated rings. The van der Waals surface area contributed by atoms with Crippen LogP contribution in [0.5, 0.6) is 17.2 Å². The fraction of sp³-hybridized carbons (Fsp3) is 0.571. The van der Waals surface area contributed by atoms with E-state index in [1.165, 1.54) is 0 Å². The molecule has 0 saturated heterocycles. The number of ether oxygens (including phenoxy) is 3. The lowest BCUT2D eigenvalue weighted by Gasteiger charge is -2.20. The molecule has 5 heteroatoms. The van der Waals surface area contributed by atoms with Gasteiger partial charge in [-0.3, -0.25) is 0 Å². The third-order valence-corrected chi connectivity index (χ3v) is 2.68. The number of methoxy groups -OCH3 is 3. The van der Waals surface area contributed by atoms with Gasteiger partial charge in [-0.1, -0.05) is 0 Å². The summed E-state index contributed by atoms with van der Waals surface area (Å²) in [6.07, 6.45) is 0. The van der Waals surface area contributed by atoms with Crippen molar-refractivity contribution in [3.05, 3.63) is 17.7 Å². The first-order valence-corrected chi connectivity index (χ1v) is 6.19. The Kier molecular flexibility index (Phi) is 5.44. The van der Waals surface area contributed by atoms with Crippen molar-refractivity contribution in [3.63, 3.8) is 0 Å². The van der Waals surface area contributed by atoms with Gasteiger partial charge in [0.15, 0.2) is 11.5 Å². The molecule has 1 aromatic carbocycles. The summed E-state index contributed by atoms with van der Waals surface area (Å²) in [5, 5.41) is 3.30. The molecule has 0 heterocycles. The summed E-state index contributed by atoms with van der Waals surface area (Å²) < 4.78 is 15.9. The van der Waals surface area contributed by atoms with Crippen molar-refractivity contribution in [2.45, 2.75) is 25.9 Å². The quantitative estimate of drug-likeness (QED) is 0.785. The van der Waals surface area contributed by atoms with E-state index in [0.29, 0.717) is 24.6 Å². The van der Waals surface area contributed by atoms with Crippen molar-refractivity contribution >= 4 is 0 Å². The van der Waals surface area contributed by atoms with E-state index in [-0.39, 0.29) is 5.54 Å². The Morgan fingerprint density at radius 2 is 1.53 bits per heavy atom. The monoisotopic (exact) mass is 268 g/mol. The highest BCUT2D eigenvalue weighted by molar-refractivity contribution is 5.50. The van der Waals surface area contributed by atoms with Gasteiger partial charge in [0.05, 0.1) is 21.3 Å². The Labute approximate surface area is 115 Å². The largest absolute Gasteiger partial charge is 0.496 e. The van der Waals surface area contributed by atoms with E-state index >= 15 is 0 Å². The lowest BCUT2D eigenvalue weighted by Crippen LogP contribution is -2.42. The predicted octanol–water partition coefficient (Wildman–Crippen LogP) is 1.54. The minimum Gasteiger partial charge on any atom is -0.496 e. The zero-order valence-electron chi connectivity index (χ0n) is 12.4. The summed E-state index contributed by atoms with van der Waals surface area (Å²) in [6, 6.07) is 3.73. The molecule has 0 aromatic heterocycles. The standard InChI is InChI=1S/C14H24N2O3/c1-14(2,15)9-16-8-10-6-12(18-4)13(19-5)7-11(10)17-3/h6-7,16H,8-9,15H2,1-5H3. The van der Waals surface area contributed by atoms with Crippen molar-refractivity contribution in [2.24, 2.45) is 5.73 Å². The van der Waals surface area contributed by atoms with Gasteiger partial charge in [0.2, 0.25) is 0 Å². The number of nitrogens with one attached hydrogen (secondary N) is 1. The van der Waals surface area contributed by atoms with E-state index in [9.17, 15) is 0 Å². The van der Waals surface area contributed by atoms with E-state index < -0.39 is 0 Å². The van der Waals surface area contributed by atoms with E-state index in [1.807, 2.05) is 26.0 Å². The van der Waals surface area contributed by atoms with Crippen molar-refractivity contribution < 1.29 is 14.2 Å². The first-order valence-electron chi connectivity index (χ1n) is 6.19. The lowest BCUT2D eigenvalue weighted by atomic mass is 10.1. The zero-order chi connectivity index (χ0) is 14.5. The third kappa shape index (κ3) is 4.61. The van der Waals surface area contributed by atoms with Gasteiger partial charge in [-0.15, -0.1) is 0 Å². The highest BCUT2D eigenvalue weighted by atomic mass is 16.5. The minimum absolute atomic E-state index is 0.246. The summed E-state index contributed by atoms with van der Waals surface area (Å²) in [7, 11) is 4.86. The number of rotatable bonds is 7. The summed E-state index contributed by atoms with van der Waals surface area (Å²) in [6.45, 7) is 5.33. The summed E-state index contributed by atoms with van der Waals surface area (Å²) in [5.41, 5.74) is 6.69. The molecule has 0 radical (unpaired) electrons. The van der Waals surface area contributed by atoms with Gasteiger partial charge in [0.1, 0.15) is 5.75 Å². The van der Waals surface area contributed by atoms with Gasteiger partial charge in [0.25, 0.3) is 0 Å². The average Bonchev–Trinajstić information content (AvgIpc) is 2.36. The number of nitrogens with two attached hydrogens (primary N) is 1. The molecule has 1 rings (SSSR count). The topological polar surface area (TPSA) is 65.7 Å². The molecule has 19 heavy (non-hydrogen) atoms. The molecule has 0 aliphatic carbocycles. The fourth-order valence-electron chi connectivity index (χ4n) is 1.75. The van der Waals surface area contributed by atoms with Crippen LogP contribution < -0.4 is 25.3 Å². The number of hydrogen-bond donors (Lipinski definition) is 2. The lowest BCUT2D eigenvalue weighted by molar-refractivity contribution is 0.346. The Hall–Kier alpha value is -1.46. The van der Waals surface area contributed by atoms with E-state index in [4.69, 9.17) is 19.9 Å². The van der Waals surface area contributed by atoms with Crippen LogP contribution in [0.15, 0.2) is 12.1 Å². The van der Waals surface area contributed by atoms with Gasteiger partial charge in [-0.05, 0) is 19.9 Å². The Morgan fingerprint density at radius 3 is 2.00 bits per heavy atom. The maximum absolute atomic E-state index is 5.93.